The molecule has 0 bridgehead atoms. The number of benzene rings is 1. The van der Waals surface area contributed by atoms with Gasteiger partial charge in [0.2, 0.25) is 0 Å². The molecule has 0 amide bonds. The molecule has 1 unspecified atom stereocenters. The first-order chi connectivity index (χ1) is 9.94. The summed E-state index contributed by atoms with van der Waals surface area (Å²) in [5.41, 5.74) is 0.587. The second-order valence-electron chi connectivity index (χ2n) is 6.16. The van der Waals surface area contributed by atoms with E-state index in [0.717, 1.165) is 25.1 Å². The fourth-order valence-electron chi connectivity index (χ4n) is 2.13. The predicted molar refractivity (Wildman–Crippen MR) is 84.2 cm³/mol. The zero-order valence-corrected chi connectivity index (χ0v) is 13.6. The Kier molecular flexibility index (Phi) is 7.86. The number of methoxy groups -OCH3 is 1. The van der Waals surface area contributed by atoms with E-state index in [1.165, 1.54) is 6.07 Å². The second-order valence-corrected chi connectivity index (χ2v) is 6.16. The van der Waals surface area contributed by atoms with E-state index in [-0.39, 0.29) is 17.3 Å². The van der Waals surface area contributed by atoms with Crippen LogP contribution in [0.15, 0.2) is 24.3 Å². The highest BCUT2D eigenvalue weighted by molar-refractivity contribution is 5.22. The molecule has 0 fully saturated rings. The van der Waals surface area contributed by atoms with Crippen LogP contribution in [0.3, 0.4) is 0 Å². The minimum absolute atomic E-state index is 0.102. The van der Waals surface area contributed by atoms with Crippen LogP contribution in [0, 0.1) is 5.82 Å². The molecule has 120 valence electrons. The molecule has 3 nitrogen and oxygen atoms in total. The van der Waals surface area contributed by atoms with Crippen LogP contribution in [0.1, 0.15) is 38.7 Å². The van der Waals surface area contributed by atoms with Gasteiger partial charge in [-0.1, -0.05) is 18.2 Å². The quantitative estimate of drug-likeness (QED) is 0.709. The summed E-state index contributed by atoms with van der Waals surface area (Å²) in [4.78, 5) is 0. The molecule has 1 N–H and O–H groups in total. The van der Waals surface area contributed by atoms with Crippen molar-refractivity contribution in [1.82, 2.24) is 5.32 Å². The highest BCUT2D eigenvalue weighted by Crippen LogP contribution is 2.23. The van der Waals surface area contributed by atoms with E-state index in [9.17, 15) is 4.39 Å². The number of hydrogen-bond donors (Lipinski definition) is 1. The van der Waals surface area contributed by atoms with Crippen molar-refractivity contribution >= 4 is 0 Å². The molecule has 4 heteroatoms. The number of halogens is 1. The summed E-state index contributed by atoms with van der Waals surface area (Å²) < 4.78 is 24.8. The van der Waals surface area contributed by atoms with Crippen LogP contribution in [0.4, 0.5) is 4.39 Å². The minimum Gasteiger partial charge on any atom is -0.383 e. The van der Waals surface area contributed by atoms with Gasteiger partial charge in [-0.15, -0.1) is 0 Å². The average molecular weight is 297 g/mol. The van der Waals surface area contributed by atoms with Crippen LogP contribution >= 0.6 is 0 Å². The maximum Gasteiger partial charge on any atom is 0.126 e. The lowest BCUT2D eigenvalue weighted by Gasteiger charge is -2.23. The van der Waals surface area contributed by atoms with Crippen molar-refractivity contribution in [2.24, 2.45) is 0 Å². The summed E-state index contributed by atoms with van der Waals surface area (Å²) >= 11 is 0. The van der Waals surface area contributed by atoms with Crippen LogP contribution in [0.25, 0.3) is 0 Å². The fourth-order valence-corrected chi connectivity index (χ4v) is 2.13. The van der Waals surface area contributed by atoms with Crippen LogP contribution in [0.5, 0.6) is 0 Å². The van der Waals surface area contributed by atoms with Gasteiger partial charge in [-0.05, 0) is 38.8 Å². The Morgan fingerprint density at radius 2 is 1.90 bits per heavy atom. The van der Waals surface area contributed by atoms with Gasteiger partial charge >= 0.3 is 0 Å². The number of hydrogen-bond acceptors (Lipinski definition) is 3. The molecule has 0 spiro atoms. The third kappa shape index (κ3) is 7.55. The maximum absolute atomic E-state index is 14.0. The highest BCUT2D eigenvalue weighted by atomic mass is 19.1. The van der Waals surface area contributed by atoms with Crippen molar-refractivity contribution < 1.29 is 13.9 Å². The van der Waals surface area contributed by atoms with Crippen molar-refractivity contribution in [2.45, 2.75) is 38.7 Å². The lowest BCUT2D eigenvalue weighted by Crippen LogP contribution is -2.27. The molecule has 1 aromatic carbocycles. The molecular weight excluding hydrogens is 269 g/mol. The highest BCUT2D eigenvalue weighted by Gasteiger charge is 2.17. The average Bonchev–Trinajstić information content (AvgIpc) is 2.41. The molecule has 1 aromatic rings. The maximum atomic E-state index is 14.0. The first kappa shape index (κ1) is 18.1. The molecule has 0 aromatic heterocycles. The van der Waals surface area contributed by atoms with Gasteiger partial charge in [0, 0.05) is 32.7 Å². The van der Waals surface area contributed by atoms with E-state index >= 15 is 0 Å². The monoisotopic (exact) mass is 297 g/mol. The molecule has 0 aliphatic carbocycles. The molecule has 0 heterocycles. The SMILES string of the molecule is COCCNCC(CCOC(C)(C)C)c1ccccc1F. The largest absolute Gasteiger partial charge is 0.383 e. The van der Waals surface area contributed by atoms with Crippen molar-refractivity contribution in [3.63, 3.8) is 0 Å². The molecule has 0 radical (unpaired) electrons. The smallest absolute Gasteiger partial charge is 0.126 e. The number of ether oxygens (including phenoxy) is 2. The zero-order chi connectivity index (χ0) is 15.7. The van der Waals surface area contributed by atoms with Gasteiger partial charge in [-0.3, -0.25) is 0 Å². The third-order valence-corrected chi connectivity index (χ3v) is 3.22. The van der Waals surface area contributed by atoms with Crippen LogP contribution < -0.4 is 5.32 Å². The van der Waals surface area contributed by atoms with Gasteiger partial charge in [0.1, 0.15) is 5.82 Å². The minimum atomic E-state index is -0.163. The number of rotatable bonds is 9. The summed E-state index contributed by atoms with van der Waals surface area (Å²) in [6, 6.07) is 6.97. The lowest BCUT2D eigenvalue weighted by molar-refractivity contribution is -0.00633. The van der Waals surface area contributed by atoms with Crippen LogP contribution in [-0.2, 0) is 9.47 Å². The molecule has 1 atom stereocenters. The normalized spacial score (nSPS) is 13.4. The summed E-state index contributed by atoms with van der Waals surface area (Å²) in [6.07, 6.45) is 0.790. The Bertz CT molecular complexity index is 404. The Labute approximate surface area is 127 Å². The van der Waals surface area contributed by atoms with Gasteiger partial charge in [0.15, 0.2) is 0 Å². The van der Waals surface area contributed by atoms with E-state index in [0.29, 0.717) is 13.2 Å². The molecule has 0 aliphatic rings. The Balaban J connectivity index is 2.59. The zero-order valence-electron chi connectivity index (χ0n) is 13.6. The van der Waals surface area contributed by atoms with Crippen LogP contribution in [0.2, 0.25) is 0 Å². The van der Waals surface area contributed by atoms with E-state index in [2.05, 4.69) is 5.32 Å². The standard InChI is InChI=1S/C17H28FNO2/c1-17(2,3)21-11-9-14(13-19-10-12-20-4)15-7-5-6-8-16(15)18/h5-8,14,19H,9-13H2,1-4H3. The second kappa shape index (κ2) is 9.13. The molecule has 21 heavy (non-hydrogen) atoms. The predicted octanol–water partition coefficient (Wildman–Crippen LogP) is 3.35. The summed E-state index contributed by atoms with van der Waals surface area (Å²) in [7, 11) is 1.67. The third-order valence-electron chi connectivity index (χ3n) is 3.22. The molecule has 0 saturated heterocycles. The van der Waals surface area contributed by atoms with Crippen molar-refractivity contribution in [3.05, 3.63) is 35.6 Å². The van der Waals surface area contributed by atoms with Crippen molar-refractivity contribution in [2.75, 3.05) is 33.4 Å². The fraction of sp³-hybridized carbons (Fsp3) is 0.647. The van der Waals surface area contributed by atoms with Crippen molar-refractivity contribution in [3.8, 4) is 0 Å². The van der Waals surface area contributed by atoms with Crippen molar-refractivity contribution in [1.29, 1.82) is 0 Å². The van der Waals surface area contributed by atoms with Gasteiger partial charge in [-0.25, -0.2) is 4.39 Å². The van der Waals surface area contributed by atoms with Gasteiger partial charge in [0.05, 0.1) is 12.2 Å². The van der Waals surface area contributed by atoms with E-state index in [1.807, 2.05) is 32.9 Å². The topological polar surface area (TPSA) is 30.5 Å². The summed E-state index contributed by atoms with van der Waals surface area (Å²) in [5.74, 6) is -0.0443. The van der Waals surface area contributed by atoms with E-state index < -0.39 is 0 Å². The van der Waals surface area contributed by atoms with Gasteiger partial charge in [-0.2, -0.15) is 0 Å². The van der Waals surface area contributed by atoms with E-state index in [1.54, 1.807) is 13.2 Å². The Morgan fingerprint density at radius 1 is 1.19 bits per heavy atom. The van der Waals surface area contributed by atoms with Gasteiger partial charge in [0.25, 0.3) is 0 Å². The molecule has 1 rings (SSSR count). The molecular formula is C17H28FNO2. The van der Waals surface area contributed by atoms with Crippen LogP contribution in [-0.4, -0.2) is 39.0 Å². The first-order valence-electron chi connectivity index (χ1n) is 7.52. The van der Waals surface area contributed by atoms with E-state index in [4.69, 9.17) is 9.47 Å². The van der Waals surface area contributed by atoms with Gasteiger partial charge < -0.3 is 14.8 Å². The first-order valence-corrected chi connectivity index (χ1v) is 7.52. The molecule has 0 saturated carbocycles. The summed E-state index contributed by atoms with van der Waals surface area (Å²) in [6.45, 7) is 8.85. The molecule has 0 aliphatic heterocycles. The Morgan fingerprint density at radius 3 is 2.52 bits per heavy atom. The lowest BCUT2D eigenvalue weighted by atomic mass is 9.95. The number of nitrogens with one attached hydrogen (secondary N) is 1. The Hall–Kier alpha value is -0.970. The summed E-state index contributed by atoms with van der Waals surface area (Å²) in [5, 5.41) is 3.31.